The van der Waals surface area contributed by atoms with E-state index in [1.54, 1.807) is 6.92 Å². The molecule has 0 spiro atoms. The van der Waals surface area contributed by atoms with Gasteiger partial charge in [0.2, 0.25) is 5.91 Å². The summed E-state index contributed by atoms with van der Waals surface area (Å²) in [6.07, 6.45) is -2.83. The molecule has 3 unspecified atom stereocenters. The highest BCUT2D eigenvalue weighted by Crippen LogP contribution is 2.31. The van der Waals surface area contributed by atoms with Crippen LogP contribution in [0.3, 0.4) is 0 Å². The lowest BCUT2D eigenvalue weighted by Gasteiger charge is -2.29. The molecule has 7 nitrogen and oxygen atoms in total. The Bertz CT molecular complexity index is 354. The van der Waals surface area contributed by atoms with Gasteiger partial charge in [-0.25, -0.2) is 0 Å². The minimum Gasteiger partial charge on any atom is -0.394 e. The highest BCUT2D eigenvalue weighted by molar-refractivity contribution is 5.73. The smallest absolute Gasteiger partial charge is 0.219 e. The quantitative estimate of drug-likeness (QED) is 0.450. The molecule has 0 aromatic rings. The van der Waals surface area contributed by atoms with Gasteiger partial charge in [-0.2, -0.15) is 0 Å². The molecule has 116 valence electrons. The third kappa shape index (κ3) is 3.12. The van der Waals surface area contributed by atoms with Crippen LogP contribution in [0.4, 0.5) is 0 Å². The Morgan fingerprint density at radius 1 is 1.25 bits per heavy atom. The molecule has 7 heteroatoms. The van der Waals surface area contributed by atoms with E-state index < -0.39 is 24.9 Å². The predicted octanol–water partition coefficient (Wildman–Crippen LogP) is -2.39. The molecule has 2 heterocycles. The zero-order chi connectivity index (χ0) is 14.9. The number of aliphatic hydroxyl groups is 4. The second-order valence-corrected chi connectivity index (χ2v) is 5.84. The average molecular weight is 288 g/mol. The van der Waals surface area contributed by atoms with Crippen LogP contribution in [0.25, 0.3) is 0 Å². The fourth-order valence-corrected chi connectivity index (χ4v) is 3.25. The normalized spacial score (nSPS) is 31.1. The van der Waals surface area contributed by atoms with E-state index >= 15 is 0 Å². The summed E-state index contributed by atoms with van der Waals surface area (Å²) in [4.78, 5) is 15.3. The van der Waals surface area contributed by atoms with Gasteiger partial charge in [-0.3, -0.25) is 9.69 Å². The van der Waals surface area contributed by atoms with Crippen LogP contribution < -0.4 is 0 Å². The first-order chi connectivity index (χ1) is 9.43. The lowest BCUT2D eigenvalue weighted by Crippen LogP contribution is -2.48. The zero-order valence-corrected chi connectivity index (χ0v) is 11.7. The summed E-state index contributed by atoms with van der Waals surface area (Å²) < 4.78 is 0. The third-order valence-corrected chi connectivity index (χ3v) is 4.51. The second kappa shape index (κ2) is 6.36. The molecular weight excluding hydrogens is 264 g/mol. The number of rotatable bonds is 5. The van der Waals surface area contributed by atoms with Crippen LogP contribution in [0.1, 0.15) is 13.3 Å². The summed E-state index contributed by atoms with van der Waals surface area (Å²) in [7, 11) is 0. The fraction of sp³-hybridized carbons (Fsp3) is 0.923. The number of hydrogen-bond acceptors (Lipinski definition) is 6. The van der Waals surface area contributed by atoms with Gasteiger partial charge < -0.3 is 25.3 Å². The van der Waals surface area contributed by atoms with Gasteiger partial charge >= 0.3 is 0 Å². The van der Waals surface area contributed by atoms with Crippen LogP contribution in [-0.2, 0) is 4.79 Å². The summed E-state index contributed by atoms with van der Waals surface area (Å²) in [5.74, 6) is 0.488. The van der Waals surface area contributed by atoms with Gasteiger partial charge in [-0.1, -0.05) is 0 Å². The number of amides is 1. The lowest BCUT2D eigenvalue weighted by atomic mass is 10.0. The van der Waals surface area contributed by atoms with Crippen LogP contribution in [0, 0.1) is 5.92 Å². The van der Waals surface area contributed by atoms with E-state index in [-0.39, 0.29) is 18.5 Å². The standard InChI is InChI=1S/C13H24N2O5/c1-8(17)15-4-9-2-3-14(10(9)5-15)6-11(18)13(20)12(19)7-16/h9-13,16,18-20H,2-7H2,1H3/t9-,10+,11?,12?,13?/m0/s1. The summed E-state index contributed by atoms with van der Waals surface area (Å²) in [5, 5.41) is 37.7. The van der Waals surface area contributed by atoms with Crippen LogP contribution in [-0.4, -0.2) is 93.3 Å². The number of β-amino-alcohol motifs (C(OH)–C–C–N with tert-alkyl or cyclic N) is 1. The van der Waals surface area contributed by atoms with E-state index in [2.05, 4.69) is 4.90 Å². The Labute approximate surface area is 118 Å². The molecule has 0 aliphatic carbocycles. The molecule has 0 bridgehead atoms. The van der Waals surface area contributed by atoms with Gasteiger partial charge in [0.1, 0.15) is 12.2 Å². The van der Waals surface area contributed by atoms with Gasteiger partial charge in [0.15, 0.2) is 0 Å². The Balaban J connectivity index is 1.89. The van der Waals surface area contributed by atoms with Crippen LogP contribution in [0.2, 0.25) is 0 Å². The number of aliphatic hydroxyl groups excluding tert-OH is 4. The average Bonchev–Trinajstić information content (AvgIpc) is 2.98. The van der Waals surface area contributed by atoms with Crippen molar-refractivity contribution in [1.29, 1.82) is 0 Å². The van der Waals surface area contributed by atoms with Gasteiger partial charge in [0.25, 0.3) is 0 Å². The molecule has 4 N–H and O–H groups in total. The Kier molecular flexibility index (Phi) is 4.98. The molecule has 2 rings (SSSR count). The number of fused-ring (bicyclic) bond motifs is 1. The second-order valence-electron chi connectivity index (χ2n) is 5.84. The predicted molar refractivity (Wildman–Crippen MR) is 70.8 cm³/mol. The van der Waals surface area contributed by atoms with Gasteiger partial charge in [0, 0.05) is 32.6 Å². The maximum absolute atomic E-state index is 11.4. The third-order valence-electron chi connectivity index (χ3n) is 4.51. The molecule has 5 atom stereocenters. The van der Waals surface area contributed by atoms with E-state index in [0.717, 1.165) is 19.5 Å². The largest absolute Gasteiger partial charge is 0.394 e. The number of nitrogens with zero attached hydrogens (tertiary/aromatic N) is 2. The number of likely N-dealkylation sites (tertiary alicyclic amines) is 2. The highest BCUT2D eigenvalue weighted by atomic mass is 16.4. The van der Waals surface area contributed by atoms with Crippen molar-refractivity contribution >= 4 is 5.91 Å². The molecule has 2 saturated heterocycles. The molecule has 2 fully saturated rings. The van der Waals surface area contributed by atoms with Crippen LogP contribution >= 0.6 is 0 Å². The maximum Gasteiger partial charge on any atom is 0.219 e. The summed E-state index contributed by atoms with van der Waals surface area (Å²) in [6, 6.07) is 0.215. The van der Waals surface area contributed by atoms with Crippen molar-refractivity contribution in [3.8, 4) is 0 Å². The van der Waals surface area contributed by atoms with E-state index in [9.17, 15) is 20.1 Å². The summed E-state index contributed by atoms with van der Waals surface area (Å²) >= 11 is 0. The molecule has 2 aliphatic heterocycles. The van der Waals surface area contributed by atoms with Crippen molar-refractivity contribution in [3.05, 3.63) is 0 Å². The van der Waals surface area contributed by atoms with Gasteiger partial charge in [-0.15, -0.1) is 0 Å². The number of carbonyl (C=O) groups excluding carboxylic acids is 1. The number of hydrogen-bond donors (Lipinski definition) is 4. The molecular formula is C13H24N2O5. The highest BCUT2D eigenvalue weighted by Gasteiger charge is 2.43. The van der Waals surface area contributed by atoms with Crippen molar-refractivity contribution < 1.29 is 25.2 Å². The van der Waals surface area contributed by atoms with Gasteiger partial charge in [-0.05, 0) is 18.9 Å². The topological polar surface area (TPSA) is 104 Å². The van der Waals surface area contributed by atoms with Crippen LogP contribution in [0.5, 0.6) is 0 Å². The first-order valence-electron chi connectivity index (χ1n) is 7.08. The molecule has 1 amide bonds. The van der Waals surface area contributed by atoms with Gasteiger partial charge in [0.05, 0.1) is 12.7 Å². The first-order valence-corrected chi connectivity index (χ1v) is 7.08. The SMILES string of the molecule is CC(=O)N1C[C@@H]2CCN(CC(O)C(O)C(O)CO)[C@@H]2C1. The van der Waals surface area contributed by atoms with Crippen molar-refractivity contribution in [2.45, 2.75) is 37.7 Å². The zero-order valence-electron chi connectivity index (χ0n) is 11.7. The minimum absolute atomic E-state index is 0.0654. The van der Waals surface area contributed by atoms with Crippen molar-refractivity contribution in [3.63, 3.8) is 0 Å². The van der Waals surface area contributed by atoms with Crippen molar-refractivity contribution in [1.82, 2.24) is 9.80 Å². The van der Waals surface area contributed by atoms with E-state index in [0.29, 0.717) is 12.5 Å². The summed E-state index contributed by atoms with van der Waals surface area (Å²) in [5.41, 5.74) is 0. The maximum atomic E-state index is 11.4. The van der Waals surface area contributed by atoms with E-state index in [1.165, 1.54) is 0 Å². The Morgan fingerprint density at radius 2 is 1.95 bits per heavy atom. The Hall–Kier alpha value is -0.730. The van der Waals surface area contributed by atoms with E-state index in [4.69, 9.17) is 5.11 Å². The van der Waals surface area contributed by atoms with Crippen molar-refractivity contribution in [2.24, 2.45) is 5.92 Å². The lowest BCUT2D eigenvalue weighted by molar-refractivity contribution is -0.128. The fourth-order valence-electron chi connectivity index (χ4n) is 3.25. The molecule has 0 aromatic carbocycles. The first kappa shape index (κ1) is 15.7. The Morgan fingerprint density at radius 3 is 2.55 bits per heavy atom. The number of carbonyl (C=O) groups is 1. The van der Waals surface area contributed by atoms with Crippen LogP contribution in [0.15, 0.2) is 0 Å². The molecule has 0 saturated carbocycles. The molecule has 0 radical (unpaired) electrons. The van der Waals surface area contributed by atoms with E-state index in [1.807, 2.05) is 4.90 Å². The molecule has 0 aromatic heterocycles. The molecule has 2 aliphatic rings. The van der Waals surface area contributed by atoms with Crippen molar-refractivity contribution in [2.75, 3.05) is 32.8 Å². The monoisotopic (exact) mass is 288 g/mol. The minimum atomic E-state index is -1.36. The summed E-state index contributed by atoms with van der Waals surface area (Å²) in [6.45, 7) is 3.45. The molecule has 20 heavy (non-hydrogen) atoms.